The smallest absolute Gasteiger partial charge is 0.233 e. The number of anilines is 1. The number of nitrogens with zero attached hydrogens (tertiary/aromatic N) is 1. The lowest BCUT2D eigenvalue weighted by molar-refractivity contribution is -0.124. The van der Waals surface area contributed by atoms with Crippen LogP contribution in [-0.2, 0) is 4.79 Å². The Balaban J connectivity index is 2.10. The number of carbonyl (C=O) groups excluding carboxylic acids is 1. The minimum absolute atomic E-state index is 0.0901. The zero-order valence-electron chi connectivity index (χ0n) is 9.76. The van der Waals surface area contributed by atoms with Crippen LogP contribution in [0.3, 0.4) is 0 Å². The van der Waals surface area contributed by atoms with Gasteiger partial charge in [0.1, 0.15) is 5.82 Å². The van der Waals surface area contributed by atoms with Crippen molar-refractivity contribution >= 4 is 11.7 Å². The topological polar surface area (TPSA) is 69.8 Å². The van der Waals surface area contributed by atoms with Crippen LogP contribution in [-0.4, -0.2) is 29.2 Å². The number of rotatable bonds is 3. The van der Waals surface area contributed by atoms with Gasteiger partial charge in [0, 0.05) is 12.1 Å². The van der Waals surface area contributed by atoms with Gasteiger partial charge in [-0.05, 0) is 26.3 Å². The van der Waals surface area contributed by atoms with E-state index in [0.29, 0.717) is 5.82 Å². The number of aryl methyl sites for hydroxylation is 1. The minimum Gasteiger partial charge on any atom is -0.316 e. The second-order valence-electron chi connectivity index (χ2n) is 4.44. The number of carbonyl (C=O) groups is 1. The molecule has 5 nitrogen and oxygen atoms in total. The molecule has 3 N–H and O–H groups in total. The zero-order valence-corrected chi connectivity index (χ0v) is 9.76. The first-order valence-electron chi connectivity index (χ1n) is 5.70. The predicted molar refractivity (Wildman–Crippen MR) is 62.2 cm³/mol. The van der Waals surface area contributed by atoms with Crippen LogP contribution in [0.4, 0.5) is 5.82 Å². The number of nitrogens with one attached hydrogen (secondary N) is 3. The highest BCUT2D eigenvalue weighted by Crippen LogP contribution is 2.30. The molecule has 16 heavy (non-hydrogen) atoms. The first kappa shape index (κ1) is 11.1. The minimum atomic E-state index is -0.252. The van der Waals surface area contributed by atoms with Crippen LogP contribution < -0.4 is 10.6 Å². The summed E-state index contributed by atoms with van der Waals surface area (Å²) in [6.07, 6.45) is 3.47. The molecule has 1 atom stereocenters. The first-order chi connectivity index (χ1) is 7.68. The van der Waals surface area contributed by atoms with Gasteiger partial charge in [-0.2, -0.15) is 5.10 Å². The maximum Gasteiger partial charge on any atom is 0.233 e. The van der Waals surface area contributed by atoms with E-state index < -0.39 is 0 Å². The van der Waals surface area contributed by atoms with Gasteiger partial charge < -0.3 is 10.6 Å². The van der Waals surface area contributed by atoms with E-state index in [4.69, 9.17) is 0 Å². The standard InChI is InChI=1S/C11H18N4O/c1-3-11(4-5-12-7-11)10(16)14-9-8(2)6-13-15-9/h6,12H,3-5,7H2,1-2H3,(H2,13,14,15,16). The van der Waals surface area contributed by atoms with Gasteiger partial charge >= 0.3 is 0 Å². The Morgan fingerprint density at radius 1 is 1.69 bits per heavy atom. The highest BCUT2D eigenvalue weighted by molar-refractivity contribution is 5.95. The first-order valence-corrected chi connectivity index (χ1v) is 5.70. The summed E-state index contributed by atoms with van der Waals surface area (Å²) in [5.41, 5.74) is 0.711. The molecular formula is C11H18N4O. The Kier molecular flexibility index (Phi) is 2.96. The average Bonchev–Trinajstić information content (AvgIpc) is 2.89. The Morgan fingerprint density at radius 2 is 2.50 bits per heavy atom. The molecule has 0 aromatic carbocycles. The third kappa shape index (κ3) is 1.82. The highest BCUT2D eigenvalue weighted by atomic mass is 16.2. The second-order valence-corrected chi connectivity index (χ2v) is 4.44. The quantitative estimate of drug-likeness (QED) is 0.716. The highest BCUT2D eigenvalue weighted by Gasteiger charge is 2.39. The summed E-state index contributed by atoms with van der Waals surface area (Å²) in [6.45, 7) is 5.67. The molecule has 1 aliphatic rings. The van der Waals surface area contributed by atoms with Crippen LogP contribution in [0, 0.1) is 12.3 Å². The fraction of sp³-hybridized carbons (Fsp3) is 0.636. The van der Waals surface area contributed by atoms with Crippen LogP contribution in [0.25, 0.3) is 0 Å². The van der Waals surface area contributed by atoms with Crippen LogP contribution in [0.15, 0.2) is 6.20 Å². The van der Waals surface area contributed by atoms with Gasteiger partial charge in [0.25, 0.3) is 0 Å². The van der Waals surface area contributed by atoms with Crippen molar-refractivity contribution in [3.8, 4) is 0 Å². The van der Waals surface area contributed by atoms with Crippen LogP contribution in [0.2, 0.25) is 0 Å². The van der Waals surface area contributed by atoms with Gasteiger partial charge in [-0.25, -0.2) is 0 Å². The summed E-state index contributed by atoms with van der Waals surface area (Å²) in [6, 6.07) is 0. The third-order valence-corrected chi connectivity index (χ3v) is 3.47. The molecule has 0 spiro atoms. The average molecular weight is 222 g/mol. The molecule has 1 saturated heterocycles. The SMILES string of the molecule is CCC1(C(=O)Nc2[nH]ncc2C)CCNC1. The fourth-order valence-corrected chi connectivity index (χ4v) is 2.12. The summed E-state index contributed by atoms with van der Waals surface area (Å²) in [7, 11) is 0. The van der Waals surface area contributed by atoms with Gasteiger partial charge in [0.05, 0.1) is 11.6 Å². The van der Waals surface area contributed by atoms with Crippen molar-refractivity contribution in [1.29, 1.82) is 0 Å². The van der Waals surface area contributed by atoms with E-state index >= 15 is 0 Å². The maximum absolute atomic E-state index is 12.2. The van der Waals surface area contributed by atoms with Crippen molar-refractivity contribution in [3.63, 3.8) is 0 Å². The van der Waals surface area contributed by atoms with Gasteiger partial charge in [-0.1, -0.05) is 6.92 Å². The molecule has 0 saturated carbocycles. The molecule has 1 fully saturated rings. The lowest BCUT2D eigenvalue weighted by Gasteiger charge is -2.24. The molecule has 88 valence electrons. The van der Waals surface area contributed by atoms with Crippen molar-refractivity contribution in [3.05, 3.63) is 11.8 Å². The molecule has 0 aliphatic carbocycles. The van der Waals surface area contributed by atoms with E-state index in [1.54, 1.807) is 6.20 Å². The molecule has 0 radical (unpaired) electrons. The molecule has 1 unspecified atom stereocenters. The van der Waals surface area contributed by atoms with Crippen molar-refractivity contribution in [2.45, 2.75) is 26.7 Å². The molecule has 1 aromatic heterocycles. The van der Waals surface area contributed by atoms with E-state index in [2.05, 4.69) is 27.8 Å². The van der Waals surface area contributed by atoms with Crippen molar-refractivity contribution < 1.29 is 4.79 Å². The zero-order chi connectivity index (χ0) is 11.6. The van der Waals surface area contributed by atoms with E-state index in [0.717, 1.165) is 31.5 Å². The molecule has 2 heterocycles. The summed E-state index contributed by atoms with van der Waals surface area (Å²) >= 11 is 0. The second kappa shape index (κ2) is 4.25. The van der Waals surface area contributed by atoms with Gasteiger partial charge in [0.2, 0.25) is 5.91 Å². The molecule has 1 aromatic rings. The largest absolute Gasteiger partial charge is 0.316 e. The number of hydrogen-bond acceptors (Lipinski definition) is 3. The van der Waals surface area contributed by atoms with E-state index in [1.165, 1.54) is 0 Å². The van der Waals surface area contributed by atoms with Gasteiger partial charge in [-0.15, -0.1) is 0 Å². The molecular weight excluding hydrogens is 204 g/mol. The van der Waals surface area contributed by atoms with Crippen molar-refractivity contribution in [2.24, 2.45) is 5.41 Å². The van der Waals surface area contributed by atoms with Gasteiger partial charge in [-0.3, -0.25) is 9.89 Å². The molecule has 1 amide bonds. The monoisotopic (exact) mass is 222 g/mol. The number of amides is 1. The predicted octanol–water partition coefficient (Wildman–Crippen LogP) is 1.05. The van der Waals surface area contributed by atoms with Crippen molar-refractivity contribution in [1.82, 2.24) is 15.5 Å². The Hall–Kier alpha value is -1.36. The number of aromatic nitrogens is 2. The Morgan fingerprint density at radius 3 is 3.00 bits per heavy atom. The van der Waals surface area contributed by atoms with E-state index in [-0.39, 0.29) is 11.3 Å². The Bertz CT molecular complexity index is 379. The number of hydrogen-bond donors (Lipinski definition) is 3. The van der Waals surface area contributed by atoms with E-state index in [1.807, 2.05) is 6.92 Å². The fourth-order valence-electron chi connectivity index (χ4n) is 2.12. The van der Waals surface area contributed by atoms with Crippen LogP contribution >= 0.6 is 0 Å². The van der Waals surface area contributed by atoms with Crippen LogP contribution in [0.5, 0.6) is 0 Å². The molecule has 1 aliphatic heterocycles. The lowest BCUT2D eigenvalue weighted by atomic mass is 9.83. The molecule has 0 bridgehead atoms. The summed E-state index contributed by atoms with van der Waals surface area (Å²) in [5.74, 6) is 0.803. The van der Waals surface area contributed by atoms with Crippen molar-refractivity contribution in [2.75, 3.05) is 18.4 Å². The summed E-state index contributed by atoms with van der Waals surface area (Å²) < 4.78 is 0. The van der Waals surface area contributed by atoms with Gasteiger partial charge in [0.15, 0.2) is 0 Å². The number of H-pyrrole nitrogens is 1. The summed E-state index contributed by atoms with van der Waals surface area (Å²) in [5, 5.41) is 12.9. The molecule has 2 rings (SSSR count). The molecule has 5 heteroatoms. The number of aromatic amines is 1. The Labute approximate surface area is 95.0 Å². The summed E-state index contributed by atoms with van der Waals surface area (Å²) in [4.78, 5) is 12.2. The normalized spacial score (nSPS) is 24.6. The third-order valence-electron chi connectivity index (χ3n) is 3.47. The lowest BCUT2D eigenvalue weighted by Crippen LogP contribution is -2.37. The maximum atomic E-state index is 12.2. The van der Waals surface area contributed by atoms with E-state index in [9.17, 15) is 4.79 Å². The van der Waals surface area contributed by atoms with Crippen LogP contribution in [0.1, 0.15) is 25.3 Å².